The van der Waals surface area contributed by atoms with E-state index in [1.54, 1.807) is 0 Å². The van der Waals surface area contributed by atoms with Gasteiger partial charge in [0.05, 0.1) is 24.2 Å². The third-order valence-electron chi connectivity index (χ3n) is 5.59. The van der Waals surface area contributed by atoms with E-state index in [4.69, 9.17) is 4.98 Å². The number of carbonyl (C=O) groups excluding carboxylic acids is 1. The maximum atomic E-state index is 12.0. The van der Waals surface area contributed by atoms with Crippen LogP contribution in [0, 0.1) is 0 Å². The van der Waals surface area contributed by atoms with E-state index in [0.717, 1.165) is 28.9 Å². The van der Waals surface area contributed by atoms with E-state index < -0.39 is 5.97 Å². The van der Waals surface area contributed by atoms with Crippen LogP contribution in [0.4, 0.5) is 0 Å². The Kier molecular flexibility index (Phi) is 4.75. The first-order valence-electron chi connectivity index (χ1n) is 10.00. The van der Waals surface area contributed by atoms with E-state index in [2.05, 4.69) is 58.2 Å². The lowest BCUT2D eigenvalue weighted by Crippen LogP contribution is -3.08. The quantitative estimate of drug-likeness (QED) is 0.736. The zero-order valence-electron chi connectivity index (χ0n) is 17.4. The Morgan fingerprint density at radius 2 is 1.76 bits per heavy atom. The van der Waals surface area contributed by atoms with Crippen LogP contribution in [0.3, 0.4) is 0 Å². The number of benzene rings is 2. The van der Waals surface area contributed by atoms with Crippen LogP contribution >= 0.6 is 0 Å². The molecule has 4 heteroatoms. The highest BCUT2D eigenvalue weighted by Gasteiger charge is 2.27. The molecule has 0 bridgehead atoms. The number of hydrogen-bond donors (Lipinski definition) is 1. The Labute approximate surface area is 171 Å². The number of likely N-dealkylation sites (N-methyl/N-ethyl adjacent to an activating group) is 1. The maximum absolute atomic E-state index is 12.0. The van der Waals surface area contributed by atoms with Gasteiger partial charge in [-0.25, -0.2) is 4.98 Å². The Balaban J connectivity index is 1.88. The van der Waals surface area contributed by atoms with Crippen molar-refractivity contribution < 1.29 is 14.8 Å². The molecule has 0 amide bonds. The number of carboxylic acid groups (broad SMARTS) is 1. The van der Waals surface area contributed by atoms with Gasteiger partial charge in [-0.3, -0.25) is 0 Å². The fourth-order valence-electron chi connectivity index (χ4n) is 4.10. The van der Waals surface area contributed by atoms with E-state index in [1.807, 2.05) is 24.3 Å². The lowest BCUT2D eigenvalue weighted by Gasteiger charge is -2.27. The summed E-state index contributed by atoms with van der Waals surface area (Å²) < 4.78 is 0. The minimum Gasteiger partial charge on any atom is -0.545 e. The van der Waals surface area contributed by atoms with Gasteiger partial charge in [0.15, 0.2) is 0 Å². The fraction of sp³-hybridized carbons (Fsp3) is 0.280. The molecule has 0 fully saturated rings. The zero-order chi connectivity index (χ0) is 20.8. The summed E-state index contributed by atoms with van der Waals surface area (Å²) in [6.45, 7) is 8.02. The largest absolute Gasteiger partial charge is 0.545 e. The highest BCUT2D eigenvalue weighted by molar-refractivity contribution is 6.05. The standard InChI is InChI=1S/C25H26N2O2/c1-25(2,3)18-11-9-16(10-12-18)13-17-14-27(4)15-20-22(24(28)29)19-7-5-6-8-21(19)26-23(17)20/h5-13H,14-15H2,1-4H3,(H,28,29)/b17-13+. The highest BCUT2D eigenvalue weighted by Crippen LogP contribution is 2.30. The van der Waals surface area contributed by atoms with Crippen molar-refractivity contribution in [2.45, 2.75) is 32.7 Å². The third-order valence-corrected chi connectivity index (χ3v) is 5.59. The first kappa shape index (κ1) is 19.3. The number of hydrogen-bond acceptors (Lipinski definition) is 3. The maximum Gasteiger partial charge on any atom is 0.106 e. The van der Waals surface area contributed by atoms with Crippen molar-refractivity contribution in [1.82, 2.24) is 4.98 Å². The Morgan fingerprint density at radius 1 is 1.07 bits per heavy atom. The number of para-hydroxylation sites is 1. The molecule has 0 spiro atoms. The summed E-state index contributed by atoms with van der Waals surface area (Å²) in [5.41, 5.74) is 6.07. The van der Waals surface area contributed by atoms with Gasteiger partial charge in [-0.2, -0.15) is 0 Å². The van der Waals surface area contributed by atoms with Gasteiger partial charge >= 0.3 is 0 Å². The van der Waals surface area contributed by atoms with Crippen LogP contribution in [0.1, 0.15) is 53.5 Å². The molecule has 4 rings (SSSR count). The number of fused-ring (bicyclic) bond motifs is 2. The minimum atomic E-state index is -1.14. The number of carbonyl (C=O) groups is 1. The van der Waals surface area contributed by atoms with Gasteiger partial charge in [-0.15, -0.1) is 0 Å². The van der Waals surface area contributed by atoms with Gasteiger partial charge in [-0.1, -0.05) is 63.2 Å². The molecule has 0 aliphatic carbocycles. The van der Waals surface area contributed by atoms with Crippen LogP contribution in [0.5, 0.6) is 0 Å². The molecule has 0 saturated heterocycles. The molecule has 1 N–H and O–H groups in total. The molecule has 0 radical (unpaired) electrons. The molecule has 148 valence electrons. The molecule has 1 aliphatic rings. The summed E-state index contributed by atoms with van der Waals surface area (Å²) in [5, 5.41) is 12.7. The Bertz CT molecular complexity index is 1120. The summed E-state index contributed by atoms with van der Waals surface area (Å²) in [7, 11) is 2.08. The molecular formula is C25H26N2O2. The average molecular weight is 386 g/mol. The SMILES string of the molecule is C[NH+]1C/C(=C\c2ccc(C(C)(C)C)cc2)c2nc3ccccc3c(C(=O)[O-])c2C1. The van der Waals surface area contributed by atoms with E-state index in [1.165, 1.54) is 10.5 Å². The van der Waals surface area contributed by atoms with Gasteiger partial charge in [0, 0.05) is 22.1 Å². The van der Waals surface area contributed by atoms with Crippen molar-refractivity contribution in [1.29, 1.82) is 0 Å². The predicted molar refractivity (Wildman–Crippen MR) is 115 cm³/mol. The number of quaternary nitrogens is 1. The Morgan fingerprint density at radius 3 is 2.41 bits per heavy atom. The lowest BCUT2D eigenvalue weighted by molar-refractivity contribution is -0.887. The van der Waals surface area contributed by atoms with Crippen LogP contribution in [0.2, 0.25) is 0 Å². The van der Waals surface area contributed by atoms with Crippen molar-refractivity contribution in [3.8, 4) is 0 Å². The van der Waals surface area contributed by atoms with Crippen molar-refractivity contribution in [3.63, 3.8) is 0 Å². The van der Waals surface area contributed by atoms with Crippen molar-refractivity contribution in [2.24, 2.45) is 0 Å². The first-order valence-corrected chi connectivity index (χ1v) is 10.00. The molecule has 2 aromatic carbocycles. The highest BCUT2D eigenvalue weighted by atomic mass is 16.4. The van der Waals surface area contributed by atoms with Gasteiger partial charge in [0.2, 0.25) is 0 Å². The smallest absolute Gasteiger partial charge is 0.106 e. The summed E-state index contributed by atoms with van der Waals surface area (Å²) in [6, 6.07) is 16.0. The van der Waals surface area contributed by atoms with Crippen LogP contribution < -0.4 is 10.0 Å². The number of rotatable bonds is 2. The number of pyridine rings is 1. The van der Waals surface area contributed by atoms with Gasteiger partial charge in [-0.05, 0) is 28.7 Å². The number of aromatic nitrogens is 1. The van der Waals surface area contributed by atoms with E-state index >= 15 is 0 Å². The normalized spacial score (nSPS) is 18.1. The summed E-state index contributed by atoms with van der Waals surface area (Å²) in [6.07, 6.45) is 2.13. The molecule has 4 nitrogen and oxygen atoms in total. The molecule has 3 aromatic rings. The molecule has 0 saturated carbocycles. The number of nitrogens with zero attached hydrogens (tertiary/aromatic N) is 1. The third kappa shape index (κ3) is 3.68. The molecule has 1 aliphatic heterocycles. The molecule has 1 aromatic heterocycles. The fourth-order valence-corrected chi connectivity index (χ4v) is 4.10. The van der Waals surface area contributed by atoms with E-state index in [-0.39, 0.29) is 11.0 Å². The molecule has 1 unspecified atom stereocenters. The minimum absolute atomic E-state index is 0.108. The van der Waals surface area contributed by atoms with Crippen LogP contribution in [0.25, 0.3) is 22.6 Å². The number of aromatic carboxylic acids is 1. The van der Waals surface area contributed by atoms with Crippen molar-refractivity contribution in [2.75, 3.05) is 13.6 Å². The second-order valence-corrected chi connectivity index (χ2v) is 8.97. The predicted octanol–water partition coefficient (Wildman–Crippen LogP) is 2.46. The summed E-state index contributed by atoms with van der Waals surface area (Å²) in [5.74, 6) is -1.14. The van der Waals surface area contributed by atoms with Gasteiger partial charge in [0.1, 0.15) is 13.1 Å². The molecular weight excluding hydrogens is 360 g/mol. The molecule has 1 atom stereocenters. The van der Waals surface area contributed by atoms with Gasteiger partial charge < -0.3 is 14.8 Å². The van der Waals surface area contributed by atoms with Crippen molar-refractivity contribution >= 4 is 28.5 Å². The van der Waals surface area contributed by atoms with E-state index in [9.17, 15) is 9.90 Å². The monoisotopic (exact) mass is 386 g/mol. The lowest BCUT2D eigenvalue weighted by atomic mass is 9.86. The zero-order valence-corrected chi connectivity index (χ0v) is 17.4. The first-order chi connectivity index (χ1) is 13.7. The summed E-state index contributed by atoms with van der Waals surface area (Å²) >= 11 is 0. The Hall–Kier alpha value is -2.98. The van der Waals surface area contributed by atoms with E-state index in [0.29, 0.717) is 17.4 Å². The second kappa shape index (κ2) is 7.12. The summed E-state index contributed by atoms with van der Waals surface area (Å²) in [4.78, 5) is 18.1. The van der Waals surface area contributed by atoms with Gasteiger partial charge in [0.25, 0.3) is 0 Å². The van der Waals surface area contributed by atoms with Crippen LogP contribution in [-0.2, 0) is 12.0 Å². The van der Waals surface area contributed by atoms with Crippen molar-refractivity contribution in [3.05, 3.63) is 76.5 Å². The molecule has 29 heavy (non-hydrogen) atoms. The number of carboxylic acids is 1. The molecule has 2 heterocycles. The van der Waals surface area contributed by atoms with Crippen LogP contribution in [0.15, 0.2) is 48.5 Å². The second-order valence-electron chi connectivity index (χ2n) is 8.97. The number of nitrogens with one attached hydrogen (secondary N) is 1. The average Bonchev–Trinajstić information content (AvgIpc) is 2.66. The topological polar surface area (TPSA) is 57.5 Å². The van der Waals surface area contributed by atoms with Crippen LogP contribution in [-0.4, -0.2) is 24.5 Å².